The maximum Gasteiger partial charge on any atom is 0.165 e. The summed E-state index contributed by atoms with van der Waals surface area (Å²) < 4.78 is 0. The average molecular weight is 300 g/mol. The first-order chi connectivity index (χ1) is 10.1. The highest BCUT2D eigenvalue weighted by Gasteiger charge is 2.13. The molecule has 0 saturated carbocycles. The van der Waals surface area contributed by atoms with Gasteiger partial charge in [0.05, 0.1) is 11.1 Å². The minimum absolute atomic E-state index is 0.156. The van der Waals surface area contributed by atoms with Crippen LogP contribution in [0.3, 0.4) is 0 Å². The molecule has 1 aromatic heterocycles. The Kier molecular flexibility index (Phi) is 3.39. The highest BCUT2D eigenvalue weighted by molar-refractivity contribution is 6.31. The van der Waals surface area contributed by atoms with Crippen molar-refractivity contribution < 1.29 is 5.11 Å². The summed E-state index contributed by atoms with van der Waals surface area (Å²) in [5.74, 6) is 1.42. The van der Waals surface area contributed by atoms with Crippen molar-refractivity contribution in [2.45, 2.75) is 0 Å². The van der Waals surface area contributed by atoms with E-state index in [-0.39, 0.29) is 5.75 Å². The van der Waals surface area contributed by atoms with Crippen molar-refractivity contribution in [3.63, 3.8) is 0 Å². The van der Waals surface area contributed by atoms with Gasteiger partial charge in [-0.1, -0.05) is 23.7 Å². The summed E-state index contributed by atoms with van der Waals surface area (Å²) in [7, 11) is 3.84. The van der Waals surface area contributed by atoms with Gasteiger partial charge in [-0.15, -0.1) is 0 Å². The molecule has 0 aliphatic rings. The Morgan fingerprint density at radius 3 is 2.52 bits per heavy atom. The van der Waals surface area contributed by atoms with Crippen LogP contribution in [-0.4, -0.2) is 29.2 Å². The van der Waals surface area contributed by atoms with Crippen LogP contribution in [0.2, 0.25) is 5.02 Å². The van der Waals surface area contributed by atoms with Crippen LogP contribution in [0.15, 0.2) is 42.5 Å². The summed E-state index contributed by atoms with van der Waals surface area (Å²) in [6.07, 6.45) is 0. The van der Waals surface area contributed by atoms with Gasteiger partial charge in [0.1, 0.15) is 11.6 Å². The summed E-state index contributed by atoms with van der Waals surface area (Å²) >= 11 is 6.06. The predicted octanol–water partition coefficient (Wildman–Crippen LogP) is 3.72. The molecule has 4 nitrogen and oxygen atoms in total. The number of aromatic nitrogens is 2. The van der Waals surface area contributed by atoms with E-state index in [9.17, 15) is 5.11 Å². The molecule has 0 radical (unpaired) electrons. The van der Waals surface area contributed by atoms with Crippen molar-refractivity contribution in [3.05, 3.63) is 47.5 Å². The van der Waals surface area contributed by atoms with Crippen LogP contribution in [-0.2, 0) is 0 Å². The number of halogens is 1. The maximum atomic E-state index is 10.0. The van der Waals surface area contributed by atoms with E-state index < -0.39 is 0 Å². The van der Waals surface area contributed by atoms with Crippen LogP contribution in [0.25, 0.3) is 22.3 Å². The SMILES string of the molecule is CN(C)c1nc(-c2ccccc2O)nc2cc(Cl)ccc12. The lowest BCUT2D eigenvalue weighted by atomic mass is 10.1. The predicted molar refractivity (Wildman–Crippen MR) is 86.0 cm³/mol. The zero-order chi connectivity index (χ0) is 15.0. The van der Waals surface area contributed by atoms with E-state index in [1.807, 2.05) is 37.2 Å². The van der Waals surface area contributed by atoms with Gasteiger partial charge in [0.25, 0.3) is 0 Å². The second-order valence-corrected chi connectivity index (χ2v) is 5.38. The number of phenolic OH excluding ortho intramolecular Hbond substituents is 1. The molecule has 1 N–H and O–H groups in total. The fourth-order valence-electron chi connectivity index (χ4n) is 2.21. The summed E-state index contributed by atoms with van der Waals surface area (Å²) in [5.41, 5.74) is 1.35. The summed E-state index contributed by atoms with van der Waals surface area (Å²) in [5, 5.41) is 11.5. The monoisotopic (exact) mass is 299 g/mol. The molecule has 0 spiro atoms. The van der Waals surface area contributed by atoms with Gasteiger partial charge in [0.15, 0.2) is 5.82 Å². The molecular formula is C16H14ClN3O. The molecule has 3 rings (SSSR count). The quantitative estimate of drug-likeness (QED) is 0.783. The molecule has 0 bridgehead atoms. The van der Waals surface area contributed by atoms with Crippen molar-refractivity contribution in [2.24, 2.45) is 0 Å². The second-order valence-electron chi connectivity index (χ2n) is 4.94. The Hall–Kier alpha value is -2.33. The van der Waals surface area contributed by atoms with Crippen molar-refractivity contribution in [3.8, 4) is 17.1 Å². The topological polar surface area (TPSA) is 49.2 Å². The van der Waals surface area contributed by atoms with Crippen LogP contribution in [0.1, 0.15) is 0 Å². The smallest absolute Gasteiger partial charge is 0.165 e. The van der Waals surface area contributed by atoms with E-state index in [4.69, 9.17) is 11.6 Å². The van der Waals surface area contributed by atoms with Gasteiger partial charge in [-0.2, -0.15) is 0 Å². The standard InChI is InChI=1S/C16H14ClN3O/c1-20(2)16-11-8-7-10(17)9-13(11)18-15(19-16)12-5-3-4-6-14(12)21/h3-9,21H,1-2H3. The average Bonchev–Trinajstić information content (AvgIpc) is 2.46. The third-order valence-electron chi connectivity index (χ3n) is 3.21. The van der Waals surface area contributed by atoms with Gasteiger partial charge in [-0.05, 0) is 30.3 Å². The van der Waals surface area contributed by atoms with Gasteiger partial charge in [0, 0.05) is 24.5 Å². The zero-order valence-corrected chi connectivity index (χ0v) is 12.5. The highest BCUT2D eigenvalue weighted by Crippen LogP contribution is 2.31. The molecule has 0 atom stereocenters. The number of hydrogen-bond acceptors (Lipinski definition) is 4. The fourth-order valence-corrected chi connectivity index (χ4v) is 2.38. The molecule has 0 saturated heterocycles. The Bertz CT molecular complexity index is 818. The molecule has 0 unspecified atom stereocenters. The normalized spacial score (nSPS) is 10.8. The Balaban J connectivity index is 2.32. The first kappa shape index (κ1) is 13.6. The summed E-state index contributed by atoms with van der Waals surface area (Å²) in [4.78, 5) is 11.0. The lowest BCUT2D eigenvalue weighted by Crippen LogP contribution is -2.12. The van der Waals surface area contributed by atoms with Gasteiger partial charge in [-0.25, -0.2) is 9.97 Å². The molecular weight excluding hydrogens is 286 g/mol. The summed E-state index contributed by atoms with van der Waals surface area (Å²) in [6.45, 7) is 0. The number of hydrogen-bond donors (Lipinski definition) is 1. The van der Waals surface area contributed by atoms with Crippen LogP contribution in [0.4, 0.5) is 5.82 Å². The molecule has 21 heavy (non-hydrogen) atoms. The van der Waals surface area contributed by atoms with Crippen molar-refractivity contribution in [2.75, 3.05) is 19.0 Å². The van der Waals surface area contributed by atoms with E-state index in [0.717, 1.165) is 16.7 Å². The minimum Gasteiger partial charge on any atom is -0.507 e. The van der Waals surface area contributed by atoms with E-state index in [2.05, 4.69) is 9.97 Å². The highest BCUT2D eigenvalue weighted by atomic mass is 35.5. The molecule has 0 aliphatic carbocycles. The number of para-hydroxylation sites is 1. The van der Waals surface area contributed by atoms with Crippen LogP contribution >= 0.6 is 11.6 Å². The number of anilines is 1. The Morgan fingerprint density at radius 2 is 1.81 bits per heavy atom. The largest absolute Gasteiger partial charge is 0.507 e. The molecule has 0 amide bonds. The number of rotatable bonds is 2. The first-order valence-electron chi connectivity index (χ1n) is 6.49. The molecule has 1 heterocycles. The van der Waals surface area contributed by atoms with Gasteiger partial charge in [-0.3, -0.25) is 0 Å². The van der Waals surface area contributed by atoms with E-state index in [1.165, 1.54) is 0 Å². The first-order valence-corrected chi connectivity index (χ1v) is 6.87. The Labute approximate surface area is 127 Å². The molecule has 2 aromatic carbocycles. The molecule has 5 heteroatoms. The molecule has 106 valence electrons. The van der Waals surface area contributed by atoms with Crippen molar-refractivity contribution in [1.82, 2.24) is 9.97 Å². The van der Waals surface area contributed by atoms with E-state index >= 15 is 0 Å². The third kappa shape index (κ3) is 2.50. The fraction of sp³-hybridized carbons (Fsp3) is 0.125. The lowest BCUT2D eigenvalue weighted by molar-refractivity contribution is 0.477. The van der Waals surface area contributed by atoms with Crippen LogP contribution in [0, 0.1) is 0 Å². The number of phenols is 1. The Morgan fingerprint density at radius 1 is 1.05 bits per heavy atom. The van der Waals surface area contributed by atoms with Crippen molar-refractivity contribution >= 4 is 28.3 Å². The van der Waals surface area contributed by atoms with Crippen LogP contribution < -0.4 is 4.90 Å². The zero-order valence-electron chi connectivity index (χ0n) is 11.7. The number of nitrogens with zero attached hydrogens (tertiary/aromatic N) is 3. The van der Waals surface area contributed by atoms with Gasteiger partial charge >= 0.3 is 0 Å². The lowest BCUT2D eigenvalue weighted by Gasteiger charge is -2.16. The number of fused-ring (bicyclic) bond motifs is 1. The van der Waals surface area contributed by atoms with Crippen molar-refractivity contribution in [1.29, 1.82) is 0 Å². The van der Waals surface area contributed by atoms with Gasteiger partial charge in [0.2, 0.25) is 0 Å². The second kappa shape index (κ2) is 5.22. The van der Waals surface area contributed by atoms with E-state index in [0.29, 0.717) is 16.4 Å². The molecule has 0 aliphatic heterocycles. The van der Waals surface area contributed by atoms with Crippen LogP contribution in [0.5, 0.6) is 5.75 Å². The molecule has 3 aromatic rings. The maximum absolute atomic E-state index is 10.0. The summed E-state index contributed by atoms with van der Waals surface area (Å²) in [6, 6.07) is 12.5. The van der Waals surface area contributed by atoms with E-state index in [1.54, 1.807) is 24.3 Å². The number of aromatic hydroxyl groups is 1. The molecule has 0 fully saturated rings. The minimum atomic E-state index is 0.156. The van der Waals surface area contributed by atoms with Gasteiger partial charge < -0.3 is 10.0 Å². The third-order valence-corrected chi connectivity index (χ3v) is 3.44. The number of benzene rings is 2.